The van der Waals surface area contributed by atoms with Gasteiger partial charge in [0.2, 0.25) is 0 Å². The van der Waals surface area contributed by atoms with E-state index in [-0.39, 0.29) is 16.5 Å². The second-order valence-electron chi connectivity index (χ2n) is 6.68. The number of imidazole rings is 1. The zero-order valence-electron chi connectivity index (χ0n) is 16.6. The third kappa shape index (κ3) is 3.64. The summed E-state index contributed by atoms with van der Waals surface area (Å²) in [4.78, 5) is 30.9. The number of ether oxygens (including phenoxy) is 1. The molecule has 0 N–H and O–H groups in total. The average molecular weight is 435 g/mol. The molecule has 1 aliphatic heterocycles. The first-order valence-electron chi connectivity index (χ1n) is 9.15. The van der Waals surface area contributed by atoms with Crippen LogP contribution in [0.15, 0.2) is 66.9 Å². The normalized spacial score (nSPS) is 15.1. The van der Waals surface area contributed by atoms with Gasteiger partial charge in [0.05, 0.1) is 24.4 Å². The Balaban J connectivity index is 1.69. The molecule has 10 heteroatoms. The number of hydrogen-bond donors (Lipinski definition) is 0. The molecule has 156 valence electrons. The second-order valence-corrected chi connectivity index (χ2v) is 7.05. The van der Waals surface area contributed by atoms with Crippen LogP contribution < -0.4 is 9.64 Å². The highest BCUT2D eigenvalue weighted by Crippen LogP contribution is 2.36. The SMILES string of the molecule is COc1ccc(N2C(=O)/C(=C\c3ccc(-n4ccnc4)cc3)N(C)C2=S)c([N+](=O)[O-])c1. The van der Waals surface area contributed by atoms with E-state index in [0.717, 1.165) is 11.3 Å². The van der Waals surface area contributed by atoms with Crippen LogP contribution >= 0.6 is 12.2 Å². The number of benzene rings is 2. The lowest BCUT2D eigenvalue weighted by Crippen LogP contribution is -2.31. The van der Waals surface area contributed by atoms with Crippen LogP contribution in [0.2, 0.25) is 0 Å². The molecular formula is C21H17N5O4S. The van der Waals surface area contributed by atoms with Crippen LogP contribution in [0.4, 0.5) is 11.4 Å². The summed E-state index contributed by atoms with van der Waals surface area (Å²) in [5, 5.41) is 11.7. The largest absolute Gasteiger partial charge is 0.496 e. The van der Waals surface area contributed by atoms with Gasteiger partial charge in [0, 0.05) is 25.1 Å². The number of nitrogens with zero attached hydrogens (tertiary/aromatic N) is 5. The number of amides is 1. The van der Waals surface area contributed by atoms with Gasteiger partial charge in [-0.05, 0) is 48.1 Å². The van der Waals surface area contributed by atoms with Crippen LogP contribution in [-0.2, 0) is 4.79 Å². The van der Waals surface area contributed by atoms with Crippen LogP contribution in [0.1, 0.15) is 5.56 Å². The Labute approximate surface area is 182 Å². The summed E-state index contributed by atoms with van der Waals surface area (Å²) in [5.41, 5.74) is 1.84. The number of anilines is 1. The molecule has 1 aromatic heterocycles. The highest BCUT2D eigenvalue weighted by Gasteiger charge is 2.40. The van der Waals surface area contributed by atoms with E-state index in [2.05, 4.69) is 4.98 Å². The molecule has 0 aliphatic carbocycles. The average Bonchev–Trinajstić information content (AvgIpc) is 3.38. The van der Waals surface area contributed by atoms with Crippen LogP contribution in [0.3, 0.4) is 0 Å². The van der Waals surface area contributed by atoms with Gasteiger partial charge in [-0.25, -0.2) is 9.88 Å². The number of nitro groups is 1. The molecule has 4 rings (SSSR count). The predicted molar refractivity (Wildman–Crippen MR) is 119 cm³/mol. The van der Waals surface area contributed by atoms with Crippen molar-refractivity contribution in [3.05, 3.63) is 82.6 Å². The number of likely N-dealkylation sites (N-methyl/N-ethyl adjacent to an activating group) is 1. The smallest absolute Gasteiger partial charge is 0.297 e. The highest BCUT2D eigenvalue weighted by atomic mass is 32.1. The zero-order valence-corrected chi connectivity index (χ0v) is 17.4. The number of methoxy groups -OCH3 is 1. The number of thiocarbonyl (C=S) groups is 1. The Morgan fingerprint density at radius 1 is 1.19 bits per heavy atom. The summed E-state index contributed by atoms with van der Waals surface area (Å²) < 4.78 is 6.93. The van der Waals surface area contributed by atoms with E-state index in [4.69, 9.17) is 17.0 Å². The number of aromatic nitrogens is 2. The topological polar surface area (TPSA) is 93.7 Å². The minimum Gasteiger partial charge on any atom is -0.496 e. The van der Waals surface area contributed by atoms with Gasteiger partial charge < -0.3 is 14.2 Å². The van der Waals surface area contributed by atoms with E-state index < -0.39 is 10.8 Å². The van der Waals surface area contributed by atoms with Crippen LogP contribution in [-0.4, -0.2) is 44.6 Å². The Hall–Kier alpha value is -4.05. The molecule has 0 saturated carbocycles. The Kier molecular flexibility index (Phi) is 5.22. The predicted octanol–water partition coefficient (Wildman–Crippen LogP) is 3.39. The summed E-state index contributed by atoms with van der Waals surface area (Å²) in [7, 11) is 3.07. The molecule has 31 heavy (non-hydrogen) atoms. The van der Waals surface area contributed by atoms with Crippen molar-refractivity contribution in [2.24, 2.45) is 0 Å². The minimum atomic E-state index is -0.565. The van der Waals surface area contributed by atoms with E-state index in [9.17, 15) is 14.9 Å². The van der Waals surface area contributed by atoms with Gasteiger partial charge in [-0.15, -0.1) is 0 Å². The van der Waals surface area contributed by atoms with Gasteiger partial charge in [0.25, 0.3) is 11.6 Å². The molecule has 0 bridgehead atoms. The molecule has 1 amide bonds. The van der Waals surface area contributed by atoms with Crippen LogP contribution in [0, 0.1) is 10.1 Å². The first-order valence-corrected chi connectivity index (χ1v) is 9.56. The zero-order chi connectivity index (χ0) is 22.1. The van der Waals surface area contributed by atoms with Crippen molar-refractivity contribution >= 4 is 40.7 Å². The van der Waals surface area contributed by atoms with Gasteiger partial charge in [-0.1, -0.05) is 12.1 Å². The second kappa shape index (κ2) is 8.00. The number of rotatable bonds is 5. The van der Waals surface area contributed by atoms with Gasteiger partial charge in [0.15, 0.2) is 5.11 Å². The van der Waals surface area contributed by atoms with Crippen molar-refractivity contribution in [2.45, 2.75) is 0 Å². The lowest BCUT2D eigenvalue weighted by molar-refractivity contribution is -0.384. The highest BCUT2D eigenvalue weighted by molar-refractivity contribution is 7.80. The maximum atomic E-state index is 13.2. The van der Waals surface area contributed by atoms with Crippen LogP contribution in [0.25, 0.3) is 11.8 Å². The Morgan fingerprint density at radius 2 is 1.94 bits per heavy atom. The number of carbonyl (C=O) groups is 1. The summed E-state index contributed by atoms with van der Waals surface area (Å²) in [6.07, 6.45) is 6.91. The Bertz CT molecular complexity index is 1210. The molecule has 1 aliphatic rings. The third-order valence-electron chi connectivity index (χ3n) is 4.88. The quantitative estimate of drug-likeness (QED) is 0.262. The number of carbonyl (C=O) groups excluding carboxylic acids is 1. The molecule has 0 spiro atoms. The lowest BCUT2D eigenvalue weighted by Gasteiger charge is -2.16. The van der Waals surface area contributed by atoms with Crippen molar-refractivity contribution in [3.63, 3.8) is 0 Å². The lowest BCUT2D eigenvalue weighted by atomic mass is 10.1. The van der Waals surface area contributed by atoms with Crippen molar-refractivity contribution in [1.82, 2.24) is 14.5 Å². The molecule has 2 heterocycles. The van der Waals surface area contributed by atoms with Gasteiger partial charge >= 0.3 is 0 Å². The number of hydrogen-bond acceptors (Lipinski definition) is 6. The van der Waals surface area contributed by atoms with E-state index in [0.29, 0.717) is 11.4 Å². The van der Waals surface area contributed by atoms with Crippen molar-refractivity contribution < 1.29 is 14.5 Å². The molecule has 0 unspecified atom stereocenters. The first-order chi connectivity index (χ1) is 14.9. The van der Waals surface area contributed by atoms with Gasteiger partial charge in [0.1, 0.15) is 17.1 Å². The van der Waals surface area contributed by atoms with Crippen molar-refractivity contribution in [3.8, 4) is 11.4 Å². The van der Waals surface area contributed by atoms with Crippen molar-refractivity contribution in [1.29, 1.82) is 0 Å². The van der Waals surface area contributed by atoms with E-state index in [1.165, 1.54) is 29.0 Å². The van der Waals surface area contributed by atoms with E-state index in [1.54, 1.807) is 31.7 Å². The molecule has 1 fully saturated rings. The van der Waals surface area contributed by atoms with Gasteiger partial charge in [-0.2, -0.15) is 0 Å². The fraction of sp³-hybridized carbons (Fsp3) is 0.0952. The third-order valence-corrected chi connectivity index (χ3v) is 5.34. The number of nitro benzene ring substituents is 1. The maximum Gasteiger partial charge on any atom is 0.297 e. The van der Waals surface area contributed by atoms with Crippen molar-refractivity contribution in [2.75, 3.05) is 19.1 Å². The molecule has 0 atom stereocenters. The molecule has 9 nitrogen and oxygen atoms in total. The summed E-state index contributed by atoms with van der Waals surface area (Å²) in [6.45, 7) is 0. The summed E-state index contributed by atoms with van der Waals surface area (Å²) in [5.74, 6) is -0.130. The minimum absolute atomic E-state index is 0.0894. The van der Waals surface area contributed by atoms with E-state index in [1.807, 2.05) is 35.0 Å². The molecule has 3 aromatic rings. The molecule has 1 saturated heterocycles. The fourth-order valence-electron chi connectivity index (χ4n) is 3.25. The fourth-order valence-corrected chi connectivity index (χ4v) is 3.53. The molecule has 0 radical (unpaired) electrons. The first kappa shape index (κ1) is 20.2. The monoisotopic (exact) mass is 435 g/mol. The molecular weight excluding hydrogens is 418 g/mol. The molecule has 2 aromatic carbocycles. The summed E-state index contributed by atoms with van der Waals surface area (Å²) in [6, 6.07) is 11.8. The summed E-state index contributed by atoms with van der Waals surface area (Å²) >= 11 is 5.42. The Morgan fingerprint density at radius 3 is 2.55 bits per heavy atom. The van der Waals surface area contributed by atoms with Gasteiger partial charge in [-0.3, -0.25) is 14.9 Å². The van der Waals surface area contributed by atoms with Crippen LogP contribution in [0.5, 0.6) is 5.75 Å². The standard InChI is InChI=1S/C21H17N5O4S/c1-23-19(11-14-3-5-15(6-4-14)24-10-9-22-13-24)20(27)25(21(23)31)17-8-7-16(30-2)12-18(17)26(28)29/h3-13H,1-2H3/b19-11+. The van der Waals surface area contributed by atoms with E-state index >= 15 is 0 Å². The maximum absolute atomic E-state index is 13.2.